The molecule has 9 heteroatoms. The van der Waals surface area contributed by atoms with Gasteiger partial charge < -0.3 is 14.6 Å². The number of amides is 3. The Morgan fingerprint density at radius 2 is 2.25 bits per heavy atom. The van der Waals surface area contributed by atoms with E-state index in [1.165, 1.54) is 5.01 Å². The summed E-state index contributed by atoms with van der Waals surface area (Å²) in [6.45, 7) is 3.30. The van der Waals surface area contributed by atoms with Gasteiger partial charge >= 0.3 is 6.03 Å². The van der Waals surface area contributed by atoms with Crippen LogP contribution in [0.4, 0.5) is 10.6 Å². The van der Waals surface area contributed by atoms with Gasteiger partial charge in [-0.25, -0.2) is 10.2 Å². The second kappa shape index (κ2) is 6.30. The van der Waals surface area contributed by atoms with Crippen molar-refractivity contribution in [2.45, 2.75) is 38.4 Å². The van der Waals surface area contributed by atoms with E-state index in [-0.39, 0.29) is 18.1 Å². The second-order valence-corrected chi connectivity index (χ2v) is 7.53. The van der Waals surface area contributed by atoms with Crippen molar-refractivity contribution in [2.75, 3.05) is 25.2 Å². The highest BCUT2D eigenvalue weighted by atomic mass is 16.5. The maximum atomic E-state index is 13.0. The summed E-state index contributed by atoms with van der Waals surface area (Å²) in [4.78, 5) is 33.8. The number of H-pyrrole nitrogens is 1. The summed E-state index contributed by atoms with van der Waals surface area (Å²) in [6.07, 6.45) is 8.49. The molecule has 4 aliphatic heterocycles. The first kappa shape index (κ1) is 17.2. The van der Waals surface area contributed by atoms with Gasteiger partial charge in [-0.3, -0.25) is 19.6 Å². The fourth-order valence-corrected chi connectivity index (χ4v) is 4.37. The molecule has 0 aliphatic carbocycles. The maximum absolute atomic E-state index is 13.0. The Labute approximate surface area is 163 Å². The fourth-order valence-electron chi connectivity index (χ4n) is 4.37. The average Bonchev–Trinajstić information content (AvgIpc) is 3.44. The highest BCUT2D eigenvalue weighted by Gasteiger charge is 2.37. The number of aromatic nitrogens is 1. The number of anilines is 1. The second-order valence-electron chi connectivity index (χ2n) is 7.53. The number of hydrogen-bond donors (Lipinski definition) is 2. The standard InChI is InChI=1S/C19H24N6O3/c1-3-12-5-4-7-23(12)18(26)14-10-15-17(20-14)25(11-28-15)13-6-8-24-16(9-13)21-22(2)19(24)27/h6,8-10,12,16,20-21H,3-5,7,11H2,1-2H3. The Hall–Kier alpha value is -2.94. The number of carbonyl (C=O) groups excluding carboxylic acids is 2. The number of hydrogen-bond acceptors (Lipinski definition) is 5. The number of urea groups is 1. The minimum Gasteiger partial charge on any atom is -0.469 e. The number of carbonyl (C=O) groups is 2. The molecule has 0 aromatic carbocycles. The summed E-state index contributed by atoms with van der Waals surface area (Å²) >= 11 is 0. The predicted octanol–water partition coefficient (Wildman–Crippen LogP) is 1.79. The third-order valence-electron chi connectivity index (χ3n) is 5.90. The number of ether oxygens (including phenoxy) is 1. The summed E-state index contributed by atoms with van der Waals surface area (Å²) in [7, 11) is 1.70. The van der Waals surface area contributed by atoms with E-state index in [9.17, 15) is 9.59 Å². The average molecular weight is 384 g/mol. The molecular weight excluding hydrogens is 360 g/mol. The van der Waals surface area contributed by atoms with Gasteiger partial charge in [-0.15, -0.1) is 0 Å². The van der Waals surface area contributed by atoms with Crippen molar-refractivity contribution in [3.05, 3.63) is 35.8 Å². The molecule has 3 amide bonds. The normalized spacial score (nSPS) is 25.9. The van der Waals surface area contributed by atoms with Crippen molar-refractivity contribution >= 4 is 17.8 Å². The SMILES string of the molecule is CCC1CCCN1C(=O)c1cc2c([nH]1)N(C1=CC3NN(C)C(=O)N3C=C1)CO2. The summed E-state index contributed by atoms with van der Waals surface area (Å²) in [6, 6.07) is 2.02. The Morgan fingerprint density at radius 3 is 3.07 bits per heavy atom. The first-order valence-electron chi connectivity index (χ1n) is 9.73. The maximum Gasteiger partial charge on any atom is 0.339 e. The van der Waals surface area contributed by atoms with Crippen LogP contribution in [0.3, 0.4) is 0 Å². The van der Waals surface area contributed by atoms with Crippen LogP contribution in [0.25, 0.3) is 0 Å². The number of rotatable bonds is 3. The quantitative estimate of drug-likeness (QED) is 0.830. The third-order valence-corrected chi connectivity index (χ3v) is 5.90. The highest BCUT2D eigenvalue weighted by molar-refractivity contribution is 5.95. The minimum atomic E-state index is -0.229. The van der Waals surface area contributed by atoms with Gasteiger partial charge in [0.05, 0.1) is 0 Å². The number of nitrogens with one attached hydrogen (secondary N) is 2. The van der Waals surface area contributed by atoms with E-state index >= 15 is 0 Å². The molecule has 1 aromatic rings. The number of likely N-dealkylation sites (tertiary alicyclic amines) is 1. The molecule has 2 atom stereocenters. The van der Waals surface area contributed by atoms with E-state index in [0.29, 0.717) is 24.2 Å². The lowest BCUT2D eigenvalue weighted by Crippen LogP contribution is -2.37. The number of aromatic amines is 1. The van der Waals surface area contributed by atoms with Crippen LogP contribution in [-0.4, -0.2) is 64.3 Å². The molecule has 0 radical (unpaired) electrons. The number of nitrogens with zero attached hydrogens (tertiary/aromatic N) is 4. The smallest absolute Gasteiger partial charge is 0.339 e. The van der Waals surface area contributed by atoms with Crippen LogP contribution in [0.2, 0.25) is 0 Å². The van der Waals surface area contributed by atoms with E-state index in [0.717, 1.165) is 37.3 Å². The summed E-state index contributed by atoms with van der Waals surface area (Å²) in [5.41, 5.74) is 4.57. The molecule has 2 unspecified atom stereocenters. The zero-order valence-corrected chi connectivity index (χ0v) is 16.0. The largest absolute Gasteiger partial charge is 0.469 e. The van der Waals surface area contributed by atoms with Crippen LogP contribution >= 0.6 is 0 Å². The number of fused-ring (bicyclic) bond motifs is 2. The van der Waals surface area contributed by atoms with Crippen molar-refractivity contribution in [1.29, 1.82) is 0 Å². The molecule has 4 aliphatic rings. The molecule has 0 bridgehead atoms. The van der Waals surface area contributed by atoms with E-state index < -0.39 is 0 Å². The van der Waals surface area contributed by atoms with Crippen molar-refractivity contribution in [2.24, 2.45) is 0 Å². The lowest BCUT2D eigenvalue weighted by atomic mass is 10.1. The fraction of sp³-hybridized carbons (Fsp3) is 0.474. The minimum absolute atomic E-state index is 0.0336. The zero-order chi connectivity index (χ0) is 19.4. The lowest BCUT2D eigenvalue weighted by Gasteiger charge is -2.25. The Morgan fingerprint density at radius 1 is 1.39 bits per heavy atom. The molecule has 9 nitrogen and oxygen atoms in total. The van der Waals surface area contributed by atoms with E-state index in [2.05, 4.69) is 17.3 Å². The van der Waals surface area contributed by atoms with Crippen LogP contribution in [0.5, 0.6) is 5.75 Å². The van der Waals surface area contributed by atoms with Gasteiger partial charge in [-0.05, 0) is 31.4 Å². The summed E-state index contributed by atoms with van der Waals surface area (Å²) < 4.78 is 5.80. The van der Waals surface area contributed by atoms with Gasteiger partial charge in [0.15, 0.2) is 18.3 Å². The first-order valence-corrected chi connectivity index (χ1v) is 9.73. The van der Waals surface area contributed by atoms with E-state index in [4.69, 9.17) is 4.74 Å². The third kappa shape index (κ3) is 2.50. The molecule has 2 fully saturated rings. The summed E-state index contributed by atoms with van der Waals surface area (Å²) in [5, 5.41) is 1.46. The topological polar surface area (TPSA) is 84.2 Å². The molecule has 28 heavy (non-hydrogen) atoms. The van der Waals surface area contributed by atoms with Gasteiger partial charge in [0.2, 0.25) is 0 Å². The predicted molar refractivity (Wildman–Crippen MR) is 102 cm³/mol. The van der Waals surface area contributed by atoms with Crippen LogP contribution in [0.1, 0.15) is 36.7 Å². The van der Waals surface area contributed by atoms with Crippen LogP contribution in [0.15, 0.2) is 30.1 Å². The monoisotopic (exact) mass is 384 g/mol. The van der Waals surface area contributed by atoms with Crippen LogP contribution in [-0.2, 0) is 0 Å². The number of hydrazine groups is 1. The molecular formula is C19H24N6O3. The Kier molecular flexibility index (Phi) is 3.87. The molecule has 2 saturated heterocycles. The van der Waals surface area contributed by atoms with E-state index in [1.54, 1.807) is 24.2 Å². The molecule has 5 heterocycles. The van der Waals surface area contributed by atoms with Crippen molar-refractivity contribution < 1.29 is 14.3 Å². The van der Waals surface area contributed by atoms with Crippen LogP contribution < -0.4 is 15.1 Å². The molecule has 1 aromatic heterocycles. The zero-order valence-electron chi connectivity index (χ0n) is 16.0. The van der Waals surface area contributed by atoms with Gasteiger partial charge in [-0.1, -0.05) is 6.92 Å². The van der Waals surface area contributed by atoms with E-state index in [1.807, 2.05) is 22.0 Å². The Balaban J connectivity index is 1.38. The van der Waals surface area contributed by atoms with Gasteiger partial charge in [-0.2, -0.15) is 0 Å². The van der Waals surface area contributed by atoms with Gasteiger partial charge in [0, 0.05) is 37.6 Å². The van der Waals surface area contributed by atoms with Gasteiger partial charge in [0.25, 0.3) is 5.91 Å². The molecule has 0 saturated carbocycles. The van der Waals surface area contributed by atoms with Crippen LogP contribution in [0, 0.1) is 0 Å². The molecule has 5 rings (SSSR count). The van der Waals surface area contributed by atoms with Crippen molar-refractivity contribution in [3.8, 4) is 5.75 Å². The number of allylic oxidation sites excluding steroid dienone is 1. The van der Waals surface area contributed by atoms with Gasteiger partial charge in [0.1, 0.15) is 11.9 Å². The summed E-state index contributed by atoms with van der Waals surface area (Å²) in [5.74, 6) is 1.49. The first-order chi connectivity index (χ1) is 13.6. The molecule has 148 valence electrons. The molecule has 0 spiro atoms. The molecule has 2 N–H and O–H groups in total. The van der Waals surface area contributed by atoms with Crippen molar-refractivity contribution in [1.82, 2.24) is 25.2 Å². The Bertz CT molecular complexity index is 890. The lowest BCUT2D eigenvalue weighted by molar-refractivity contribution is 0.0728. The van der Waals surface area contributed by atoms with Crippen molar-refractivity contribution in [3.63, 3.8) is 0 Å². The highest BCUT2D eigenvalue weighted by Crippen LogP contribution is 2.38.